The lowest BCUT2D eigenvalue weighted by molar-refractivity contribution is 1.22. The van der Waals surface area contributed by atoms with Gasteiger partial charge in [-0.3, -0.25) is 0 Å². The number of pyridine rings is 1. The molecule has 2 rings (SSSR count). The number of hydrogen-bond donors (Lipinski definition) is 2. The van der Waals surface area contributed by atoms with Gasteiger partial charge in [0.15, 0.2) is 0 Å². The fourth-order valence-corrected chi connectivity index (χ4v) is 1.90. The third-order valence-corrected chi connectivity index (χ3v) is 2.58. The minimum atomic E-state index is 0. The molecular formula is C12H16ClN3. The molecule has 0 aliphatic rings. The molecule has 3 N–H and O–H groups in total. The van der Waals surface area contributed by atoms with Crippen molar-refractivity contribution in [2.24, 2.45) is 5.84 Å². The first-order valence-electron chi connectivity index (χ1n) is 4.97. The van der Waals surface area contributed by atoms with Crippen LogP contribution in [0.3, 0.4) is 0 Å². The molecule has 0 amide bonds. The van der Waals surface area contributed by atoms with Crippen molar-refractivity contribution in [1.29, 1.82) is 0 Å². The highest BCUT2D eigenvalue weighted by atomic mass is 35.5. The van der Waals surface area contributed by atoms with Gasteiger partial charge < -0.3 is 5.43 Å². The molecule has 0 fully saturated rings. The van der Waals surface area contributed by atoms with Gasteiger partial charge in [-0.2, -0.15) is 0 Å². The first-order chi connectivity index (χ1) is 7.11. The highest BCUT2D eigenvalue weighted by Crippen LogP contribution is 2.23. The average Bonchev–Trinajstić information content (AvgIpc) is 2.16. The molecule has 2 aromatic rings. The van der Waals surface area contributed by atoms with Crippen molar-refractivity contribution in [2.45, 2.75) is 20.8 Å². The van der Waals surface area contributed by atoms with Gasteiger partial charge in [0.1, 0.15) is 5.82 Å². The lowest BCUT2D eigenvalue weighted by atomic mass is 10.1. The third kappa shape index (κ3) is 2.10. The monoisotopic (exact) mass is 237 g/mol. The topological polar surface area (TPSA) is 50.9 Å². The summed E-state index contributed by atoms with van der Waals surface area (Å²) in [5.41, 5.74) is 7.14. The van der Waals surface area contributed by atoms with E-state index in [0.717, 1.165) is 16.9 Å². The standard InChI is InChI=1S/C12H15N3.ClH/c1-7-4-8(2)11-10(5-7)6-9(3)12(14-11)15-13;/h4-6H,13H2,1-3H3,(H,14,15);1H. The van der Waals surface area contributed by atoms with Crippen LogP contribution in [0.4, 0.5) is 5.82 Å². The molecule has 0 unspecified atom stereocenters. The van der Waals surface area contributed by atoms with Crippen molar-refractivity contribution >= 4 is 29.1 Å². The third-order valence-electron chi connectivity index (χ3n) is 2.58. The second-order valence-electron chi connectivity index (χ2n) is 3.95. The van der Waals surface area contributed by atoms with E-state index in [-0.39, 0.29) is 12.4 Å². The number of nitrogens with zero attached hydrogens (tertiary/aromatic N) is 1. The number of aromatic nitrogens is 1. The summed E-state index contributed by atoms with van der Waals surface area (Å²) in [6.07, 6.45) is 0. The minimum absolute atomic E-state index is 0. The summed E-state index contributed by atoms with van der Waals surface area (Å²) in [5.74, 6) is 6.15. The Kier molecular flexibility index (Phi) is 3.73. The minimum Gasteiger partial charge on any atom is -0.308 e. The molecule has 0 saturated carbocycles. The summed E-state index contributed by atoms with van der Waals surface area (Å²) in [5, 5.41) is 1.17. The molecule has 1 aromatic heterocycles. The predicted molar refractivity (Wildman–Crippen MR) is 71.0 cm³/mol. The second-order valence-corrected chi connectivity index (χ2v) is 3.95. The molecule has 1 aromatic carbocycles. The number of aryl methyl sites for hydroxylation is 3. The summed E-state index contributed by atoms with van der Waals surface area (Å²) in [4.78, 5) is 4.50. The van der Waals surface area contributed by atoms with Gasteiger partial charge in [0.05, 0.1) is 5.52 Å². The maximum Gasteiger partial charge on any atom is 0.143 e. The Hall–Kier alpha value is -1.32. The highest BCUT2D eigenvalue weighted by molar-refractivity contribution is 5.85. The molecule has 16 heavy (non-hydrogen) atoms. The zero-order valence-corrected chi connectivity index (χ0v) is 10.5. The normalized spacial score (nSPS) is 10.0. The van der Waals surface area contributed by atoms with Gasteiger partial charge in [0.25, 0.3) is 0 Å². The van der Waals surface area contributed by atoms with Crippen molar-refractivity contribution in [3.8, 4) is 0 Å². The summed E-state index contributed by atoms with van der Waals surface area (Å²) < 4.78 is 0. The summed E-state index contributed by atoms with van der Waals surface area (Å²) in [6, 6.07) is 6.38. The lowest BCUT2D eigenvalue weighted by Crippen LogP contribution is -2.10. The predicted octanol–water partition coefficient (Wildman–Crippen LogP) is 2.87. The Labute approximate surface area is 101 Å². The van der Waals surface area contributed by atoms with Crippen LogP contribution >= 0.6 is 12.4 Å². The number of nitrogen functional groups attached to an aromatic ring is 1. The Morgan fingerprint density at radius 3 is 2.38 bits per heavy atom. The Balaban J connectivity index is 0.00000128. The quantitative estimate of drug-likeness (QED) is 0.592. The molecule has 0 bridgehead atoms. The molecule has 86 valence electrons. The Morgan fingerprint density at radius 2 is 1.75 bits per heavy atom. The van der Waals surface area contributed by atoms with Crippen LogP contribution in [-0.4, -0.2) is 4.98 Å². The molecule has 0 spiro atoms. The van der Waals surface area contributed by atoms with E-state index in [4.69, 9.17) is 5.84 Å². The number of rotatable bonds is 1. The number of anilines is 1. The highest BCUT2D eigenvalue weighted by Gasteiger charge is 2.04. The van der Waals surface area contributed by atoms with E-state index >= 15 is 0 Å². The van der Waals surface area contributed by atoms with E-state index in [9.17, 15) is 0 Å². The van der Waals surface area contributed by atoms with Crippen LogP contribution in [0.5, 0.6) is 0 Å². The molecule has 1 heterocycles. The van der Waals surface area contributed by atoms with Crippen molar-refractivity contribution in [3.05, 3.63) is 34.9 Å². The Morgan fingerprint density at radius 1 is 1.06 bits per heavy atom. The van der Waals surface area contributed by atoms with E-state index in [1.807, 2.05) is 6.92 Å². The van der Waals surface area contributed by atoms with Gasteiger partial charge in [-0.15, -0.1) is 12.4 Å². The molecular weight excluding hydrogens is 222 g/mol. The van der Waals surface area contributed by atoms with Crippen LogP contribution in [-0.2, 0) is 0 Å². The average molecular weight is 238 g/mol. The van der Waals surface area contributed by atoms with E-state index in [2.05, 4.69) is 42.5 Å². The number of nitrogens with one attached hydrogen (secondary N) is 1. The summed E-state index contributed by atoms with van der Waals surface area (Å²) >= 11 is 0. The van der Waals surface area contributed by atoms with Crippen molar-refractivity contribution < 1.29 is 0 Å². The first kappa shape index (κ1) is 12.7. The molecule has 0 radical (unpaired) electrons. The first-order valence-corrected chi connectivity index (χ1v) is 4.97. The van der Waals surface area contributed by atoms with Crippen molar-refractivity contribution in [1.82, 2.24) is 4.98 Å². The van der Waals surface area contributed by atoms with Gasteiger partial charge >= 0.3 is 0 Å². The molecule has 0 saturated heterocycles. The number of hydrogen-bond acceptors (Lipinski definition) is 3. The molecule has 0 aliphatic heterocycles. The molecule has 3 nitrogen and oxygen atoms in total. The van der Waals surface area contributed by atoms with Crippen LogP contribution in [0.15, 0.2) is 18.2 Å². The number of halogens is 1. The van der Waals surface area contributed by atoms with Crippen LogP contribution < -0.4 is 11.3 Å². The summed E-state index contributed by atoms with van der Waals surface area (Å²) in [6.45, 7) is 6.16. The lowest BCUT2D eigenvalue weighted by Gasteiger charge is -2.08. The second kappa shape index (κ2) is 4.68. The van der Waals surface area contributed by atoms with Gasteiger partial charge in [-0.05, 0) is 44.0 Å². The van der Waals surface area contributed by atoms with Gasteiger partial charge in [0.2, 0.25) is 0 Å². The van der Waals surface area contributed by atoms with Crippen LogP contribution in [0.25, 0.3) is 10.9 Å². The van der Waals surface area contributed by atoms with Crippen molar-refractivity contribution in [3.63, 3.8) is 0 Å². The molecule has 4 heteroatoms. The van der Waals surface area contributed by atoms with E-state index < -0.39 is 0 Å². The number of fused-ring (bicyclic) bond motifs is 1. The molecule has 0 aliphatic carbocycles. The van der Waals surface area contributed by atoms with E-state index in [1.54, 1.807) is 0 Å². The fourth-order valence-electron chi connectivity index (χ4n) is 1.90. The van der Waals surface area contributed by atoms with Crippen LogP contribution in [0.2, 0.25) is 0 Å². The van der Waals surface area contributed by atoms with Crippen LogP contribution in [0.1, 0.15) is 16.7 Å². The zero-order valence-electron chi connectivity index (χ0n) is 9.66. The van der Waals surface area contributed by atoms with Crippen LogP contribution in [0, 0.1) is 20.8 Å². The van der Waals surface area contributed by atoms with Crippen molar-refractivity contribution in [2.75, 3.05) is 5.43 Å². The van der Waals surface area contributed by atoms with Gasteiger partial charge in [-0.25, -0.2) is 10.8 Å². The smallest absolute Gasteiger partial charge is 0.143 e. The number of hydrazine groups is 1. The summed E-state index contributed by atoms with van der Waals surface area (Å²) in [7, 11) is 0. The largest absolute Gasteiger partial charge is 0.308 e. The number of benzene rings is 1. The molecule has 0 atom stereocenters. The maximum atomic E-state index is 5.41. The zero-order chi connectivity index (χ0) is 11.0. The number of nitrogens with two attached hydrogens (primary N) is 1. The van der Waals surface area contributed by atoms with Gasteiger partial charge in [0, 0.05) is 5.39 Å². The van der Waals surface area contributed by atoms with E-state index in [0.29, 0.717) is 0 Å². The SMILES string of the molecule is Cc1cc(C)c2nc(NN)c(C)cc2c1.Cl. The maximum absolute atomic E-state index is 5.41. The van der Waals surface area contributed by atoms with Gasteiger partial charge in [-0.1, -0.05) is 11.6 Å². The fraction of sp³-hybridized carbons (Fsp3) is 0.250. The van der Waals surface area contributed by atoms with E-state index in [1.165, 1.54) is 16.5 Å². The Bertz CT molecular complexity index is 523.